The van der Waals surface area contributed by atoms with Crippen LogP contribution in [0.3, 0.4) is 0 Å². The molecular formula is C31H38F6O. The number of hydrogen-bond donors (Lipinski definition) is 0. The third kappa shape index (κ3) is 7.06. The van der Waals surface area contributed by atoms with E-state index >= 15 is 0 Å². The van der Waals surface area contributed by atoms with Crippen molar-refractivity contribution < 1.29 is 31.1 Å². The van der Waals surface area contributed by atoms with Gasteiger partial charge >= 0.3 is 12.5 Å². The third-order valence-corrected chi connectivity index (χ3v) is 8.64. The van der Waals surface area contributed by atoms with E-state index in [0.29, 0.717) is 11.5 Å². The highest BCUT2D eigenvalue weighted by molar-refractivity contribution is 5.65. The summed E-state index contributed by atoms with van der Waals surface area (Å²) in [5, 5.41) is 0. The van der Waals surface area contributed by atoms with Gasteiger partial charge in [0.15, 0.2) is 17.4 Å². The average Bonchev–Trinajstić information content (AvgIpc) is 2.90. The van der Waals surface area contributed by atoms with E-state index in [1.54, 1.807) is 12.1 Å². The molecule has 2 fully saturated rings. The van der Waals surface area contributed by atoms with Crippen LogP contribution >= 0.6 is 0 Å². The Labute approximate surface area is 222 Å². The van der Waals surface area contributed by atoms with Crippen LogP contribution < -0.4 is 4.74 Å². The van der Waals surface area contributed by atoms with Crippen LogP contribution in [0.2, 0.25) is 0 Å². The molecule has 2 aliphatic rings. The predicted molar refractivity (Wildman–Crippen MR) is 138 cm³/mol. The molecule has 0 amide bonds. The molecule has 0 aromatic heterocycles. The Morgan fingerprint density at radius 1 is 0.816 bits per heavy atom. The first-order chi connectivity index (χ1) is 18.2. The summed E-state index contributed by atoms with van der Waals surface area (Å²) in [5.41, 5.74) is 1.82. The number of halogens is 6. The Morgan fingerprint density at radius 2 is 1.45 bits per heavy atom. The SMILES string of the molecule is CCCCCCCC1CCC2CC(c3ccc(-c4cc(F)c(OC(F)(F)C(F)F)c(F)c4)cc3)CCC2C1. The van der Waals surface area contributed by atoms with Gasteiger partial charge in [-0.25, -0.2) is 8.78 Å². The minimum absolute atomic E-state index is 0.121. The fourth-order valence-electron chi connectivity index (χ4n) is 6.54. The zero-order valence-corrected chi connectivity index (χ0v) is 22.0. The van der Waals surface area contributed by atoms with E-state index in [0.717, 1.165) is 36.3 Å². The molecule has 210 valence electrons. The summed E-state index contributed by atoms with van der Waals surface area (Å²) in [6, 6.07) is 9.10. The van der Waals surface area contributed by atoms with Gasteiger partial charge in [0.2, 0.25) is 0 Å². The fraction of sp³-hybridized carbons (Fsp3) is 0.613. The predicted octanol–water partition coefficient (Wildman–Crippen LogP) is 10.5. The maximum absolute atomic E-state index is 14.3. The number of alkyl halides is 4. The highest BCUT2D eigenvalue weighted by atomic mass is 19.3. The molecule has 4 unspecified atom stereocenters. The first-order valence-electron chi connectivity index (χ1n) is 14.1. The van der Waals surface area contributed by atoms with Gasteiger partial charge in [0, 0.05) is 0 Å². The Balaban J connectivity index is 1.34. The summed E-state index contributed by atoms with van der Waals surface area (Å²) in [7, 11) is 0. The van der Waals surface area contributed by atoms with Crippen molar-refractivity contribution in [1.82, 2.24) is 0 Å². The van der Waals surface area contributed by atoms with Crippen LogP contribution in [0.5, 0.6) is 5.75 Å². The standard InChI is InChI=1S/C31H38F6O/c1-2-3-4-5-6-7-20-8-9-25-17-24(15-14-23(25)16-20)21-10-12-22(13-11-21)26-18-27(32)29(28(33)19-26)38-31(36,37)30(34)35/h10-13,18-20,23-25,30H,2-9,14-17H2,1H3. The van der Waals surface area contributed by atoms with Crippen molar-refractivity contribution in [1.29, 1.82) is 0 Å². The zero-order chi connectivity index (χ0) is 27.3. The highest BCUT2D eigenvalue weighted by Crippen LogP contribution is 2.48. The molecule has 4 atom stereocenters. The van der Waals surface area contributed by atoms with Crippen LogP contribution in [-0.4, -0.2) is 12.5 Å². The Bertz CT molecular complexity index is 1010. The molecule has 0 N–H and O–H groups in total. The van der Waals surface area contributed by atoms with Gasteiger partial charge in [-0.2, -0.15) is 17.6 Å². The molecular weight excluding hydrogens is 502 g/mol. The number of benzene rings is 2. The number of fused-ring (bicyclic) bond motifs is 1. The monoisotopic (exact) mass is 540 g/mol. The fourth-order valence-corrected chi connectivity index (χ4v) is 6.54. The molecule has 2 saturated carbocycles. The smallest absolute Gasteiger partial charge is 0.422 e. The molecule has 0 radical (unpaired) electrons. The van der Waals surface area contributed by atoms with Gasteiger partial charge in [0.05, 0.1) is 0 Å². The van der Waals surface area contributed by atoms with E-state index in [1.807, 2.05) is 12.1 Å². The molecule has 0 spiro atoms. The lowest BCUT2D eigenvalue weighted by Gasteiger charge is -2.42. The maximum atomic E-state index is 14.3. The largest absolute Gasteiger partial charge is 0.461 e. The van der Waals surface area contributed by atoms with Crippen LogP contribution in [0.25, 0.3) is 11.1 Å². The molecule has 38 heavy (non-hydrogen) atoms. The normalized spacial score (nSPS) is 23.9. The topological polar surface area (TPSA) is 9.23 Å². The molecule has 0 saturated heterocycles. The summed E-state index contributed by atoms with van der Waals surface area (Å²) >= 11 is 0. The lowest BCUT2D eigenvalue weighted by atomic mass is 9.63. The molecule has 0 heterocycles. The highest BCUT2D eigenvalue weighted by Gasteiger charge is 2.45. The lowest BCUT2D eigenvalue weighted by molar-refractivity contribution is -0.255. The van der Waals surface area contributed by atoms with E-state index in [4.69, 9.17) is 0 Å². The van der Waals surface area contributed by atoms with Crippen molar-refractivity contribution in [2.75, 3.05) is 0 Å². The first kappa shape index (κ1) is 28.8. The molecule has 4 rings (SSSR count). The second kappa shape index (κ2) is 12.8. The van der Waals surface area contributed by atoms with E-state index in [1.165, 1.54) is 76.2 Å². The van der Waals surface area contributed by atoms with Gasteiger partial charge < -0.3 is 4.74 Å². The van der Waals surface area contributed by atoms with E-state index in [-0.39, 0.29) is 5.56 Å². The molecule has 7 heteroatoms. The third-order valence-electron chi connectivity index (χ3n) is 8.64. The summed E-state index contributed by atoms with van der Waals surface area (Å²) < 4.78 is 83.3. The first-order valence-corrected chi connectivity index (χ1v) is 14.1. The summed E-state index contributed by atoms with van der Waals surface area (Å²) in [4.78, 5) is 0. The lowest BCUT2D eigenvalue weighted by Crippen LogP contribution is -2.34. The molecule has 2 aromatic carbocycles. The maximum Gasteiger partial charge on any atom is 0.461 e. The van der Waals surface area contributed by atoms with Crippen LogP contribution in [-0.2, 0) is 0 Å². The van der Waals surface area contributed by atoms with E-state index in [2.05, 4.69) is 11.7 Å². The summed E-state index contributed by atoms with van der Waals surface area (Å²) in [6.45, 7) is 2.25. The van der Waals surface area contributed by atoms with E-state index in [9.17, 15) is 26.3 Å². The number of ether oxygens (including phenoxy) is 1. The Kier molecular flexibility index (Phi) is 9.69. The average molecular weight is 541 g/mol. The Hall–Kier alpha value is -2.18. The van der Waals surface area contributed by atoms with Gasteiger partial charge in [0.25, 0.3) is 0 Å². The zero-order valence-electron chi connectivity index (χ0n) is 22.0. The van der Waals surface area contributed by atoms with Gasteiger partial charge in [-0.1, -0.05) is 76.1 Å². The van der Waals surface area contributed by atoms with Crippen molar-refractivity contribution in [2.45, 2.75) is 102 Å². The second-order valence-corrected chi connectivity index (χ2v) is 11.3. The summed E-state index contributed by atoms with van der Waals surface area (Å²) in [5.74, 6) is -1.52. The van der Waals surface area contributed by atoms with Gasteiger partial charge in [-0.3, -0.25) is 0 Å². The van der Waals surface area contributed by atoms with Crippen molar-refractivity contribution in [2.24, 2.45) is 17.8 Å². The second-order valence-electron chi connectivity index (χ2n) is 11.3. The quantitative estimate of drug-likeness (QED) is 0.203. The molecule has 2 aromatic rings. The van der Waals surface area contributed by atoms with Crippen LogP contribution in [0.15, 0.2) is 36.4 Å². The number of unbranched alkanes of at least 4 members (excludes halogenated alkanes) is 4. The van der Waals surface area contributed by atoms with Crippen molar-refractivity contribution in [3.8, 4) is 16.9 Å². The number of rotatable bonds is 11. The molecule has 0 bridgehead atoms. The Morgan fingerprint density at radius 3 is 2.11 bits per heavy atom. The number of hydrogen-bond acceptors (Lipinski definition) is 1. The van der Waals surface area contributed by atoms with Crippen molar-refractivity contribution in [3.05, 3.63) is 53.6 Å². The van der Waals surface area contributed by atoms with Crippen molar-refractivity contribution >= 4 is 0 Å². The van der Waals surface area contributed by atoms with E-state index < -0.39 is 29.9 Å². The van der Waals surface area contributed by atoms with Crippen LogP contribution in [0.1, 0.15) is 95.5 Å². The summed E-state index contributed by atoms with van der Waals surface area (Å²) in [6.07, 6.45) is 6.44. The van der Waals surface area contributed by atoms with Gasteiger partial charge in [-0.05, 0) is 84.6 Å². The van der Waals surface area contributed by atoms with Gasteiger partial charge in [0.1, 0.15) is 0 Å². The van der Waals surface area contributed by atoms with Crippen LogP contribution in [0.4, 0.5) is 26.3 Å². The van der Waals surface area contributed by atoms with Gasteiger partial charge in [-0.15, -0.1) is 0 Å². The molecule has 0 aliphatic heterocycles. The minimum atomic E-state index is -4.99. The van der Waals surface area contributed by atoms with Crippen LogP contribution in [0, 0.1) is 29.4 Å². The minimum Gasteiger partial charge on any atom is -0.422 e. The molecule has 2 aliphatic carbocycles. The molecule has 1 nitrogen and oxygen atoms in total. The van der Waals surface area contributed by atoms with Crippen molar-refractivity contribution in [3.63, 3.8) is 0 Å².